The van der Waals surface area contributed by atoms with Crippen LogP contribution in [0, 0.1) is 0 Å². The van der Waals surface area contributed by atoms with Gasteiger partial charge in [-0.1, -0.05) is 13.8 Å². The lowest BCUT2D eigenvalue weighted by molar-refractivity contribution is -0.115. The molecular formula is C25H33N3O4. The molecule has 0 atom stereocenters. The van der Waals surface area contributed by atoms with Crippen molar-refractivity contribution in [3.63, 3.8) is 0 Å². The molecule has 1 aromatic heterocycles. The molecule has 32 heavy (non-hydrogen) atoms. The van der Waals surface area contributed by atoms with E-state index < -0.39 is 0 Å². The molecule has 7 nitrogen and oxygen atoms in total. The highest BCUT2D eigenvalue weighted by atomic mass is 16.5. The number of rotatable bonds is 11. The van der Waals surface area contributed by atoms with Crippen LogP contribution in [0.25, 0.3) is 10.9 Å². The summed E-state index contributed by atoms with van der Waals surface area (Å²) < 4.78 is 18.4. The van der Waals surface area contributed by atoms with Crippen molar-refractivity contribution in [2.75, 3.05) is 46.3 Å². The SMILES string of the molecule is CCN(CC)CCn1ccc2cc(NC(=O)Cc3cc(OC)c(OC)c(OC)c3)ccc21. The summed E-state index contributed by atoms with van der Waals surface area (Å²) in [6, 6.07) is 11.7. The van der Waals surface area contributed by atoms with E-state index >= 15 is 0 Å². The number of benzene rings is 2. The lowest BCUT2D eigenvalue weighted by Crippen LogP contribution is -2.26. The Balaban J connectivity index is 1.69. The van der Waals surface area contributed by atoms with Crippen molar-refractivity contribution < 1.29 is 19.0 Å². The molecule has 0 saturated carbocycles. The molecule has 0 aliphatic carbocycles. The molecular weight excluding hydrogens is 406 g/mol. The van der Waals surface area contributed by atoms with Gasteiger partial charge in [-0.25, -0.2) is 0 Å². The number of likely N-dealkylation sites (N-methyl/N-ethyl adjacent to an activating group) is 1. The fraction of sp³-hybridized carbons (Fsp3) is 0.400. The fourth-order valence-electron chi connectivity index (χ4n) is 3.89. The highest BCUT2D eigenvalue weighted by molar-refractivity contribution is 5.95. The number of fused-ring (bicyclic) bond motifs is 1. The topological polar surface area (TPSA) is 65.0 Å². The summed E-state index contributed by atoms with van der Waals surface area (Å²) >= 11 is 0. The Hall–Kier alpha value is -3.19. The highest BCUT2D eigenvalue weighted by Crippen LogP contribution is 2.38. The van der Waals surface area contributed by atoms with Crippen LogP contribution < -0.4 is 19.5 Å². The zero-order valence-corrected chi connectivity index (χ0v) is 19.6. The van der Waals surface area contributed by atoms with E-state index in [4.69, 9.17) is 14.2 Å². The van der Waals surface area contributed by atoms with E-state index in [1.165, 1.54) is 5.52 Å². The van der Waals surface area contributed by atoms with Crippen LogP contribution in [-0.2, 0) is 17.8 Å². The van der Waals surface area contributed by atoms with Crippen LogP contribution in [-0.4, -0.2) is 56.3 Å². The zero-order valence-electron chi connectivity index (χ0n) is 19.6. The number of ether oxygens (including phenoxy) is 3. The summed E-state index contributed by atoms with van der Waals surface area (Å²) in [6.07, 6.45) is 2.30. The maximum absolute atomic E-state index is 12.7. The maximum Gasteiger partial charge on any atom is 0.228 e. The molecule has 1 N–H and O–H groups in total. The minimum atomic E-state index is -0.111. The van der Waals surface area contributed by atoms with Gasteiger partial charge < -0.3 is 29.0 Å². The summed E-state index contributed by atoms with van der Waals surface area (Å²) in [5.41, 5.74) is 2.72. The van der Waals surface area contributed by atoms with Crippen molar-refractivity contribution in [3.05, 3.63) is 48.2 Å². The third-order valence-electron chi connectivity index (χ3n) is 5.70. The van der Waals surface area contributed by atoms with E-state index in [0.29, 0.717) is 17.2 Å². The first-order valence-electron chi connectivity index (χ1n) is 10.9. The number of nitrogens with zero attached hydrogens (tertiary/aromatic N) is 2. The van der Waals surface area contributed by atoms with Crippen molar-refractivity contribution in [1.29, 1.82) is 0 Å². The smallest absolute Gasteiger partial charge is 0.228 e. The lowest BCUT2D eigenvalue weighted by atomic mass is 10.1. The predicted molar refractivity (Wildman–Crippen MR) is 128 cm³/mol. The Kier molecular flexibility index (Phi) is 8.00. The van der Waals surface area contributed by atoms with Crippen molar-refractivity contribution >= 4 is 22.5 Å². The molecule has 1 heterocycles. The molecule has 0 aliphatic rings. The van der Waals surface area contributed by atoms with Crippen LogP contribution >= 0.6 is 0 Å². The number of carbonyl (C=O) groups is 1. The van der Waals surface area contributed by atoms with Crippen LogP contribution in [0.4, 0.5) is 5.69 Å². The zero-order chi connectivity index (χ0) is 23.1. The van der Waals surface area contributed by atoms with Gasteiger partial charge in [0.25, 0.3) is 0 Å². The molecule has 3 aromatic rings. The first kappa shape index (κ1) is 23.5. The second-order valence-corrected chi connectivity index (χ2v) is 7.57. The molecule has 0 spiro atoms. The summed E-state index contributed by atoms with van der Waals surface area (Å²) in [7, 11) is 4.68. The number of aromatic nitrogens is 1. The fourth-order valence-corrected chi connectivity index (χ4v) is 3.89. The number of carbonyl (C=O) groups excluding carboxylic acids is 1. The third kappa shape index (κ3) is 5.34. The van der Waals surface area contributed by atoms with Crippen LogP contribution in [0.1, 0.15) is 19.4 Å². The summed E-state index contributed by atoms with van der Waals surface area (Å²) in [4.78, 5) is 15.1. The lowest BCUT2D eigenvalue weighted by Gasteiger charge is -2.18. The Morgan fingerprint density at radius 3 is 2.25 bits per heavy atom. The van der Waals surface area contributed by atoms with Gasteiger partial charge in [0.05, 0.1) is 27.8 Å². The van der Waals surface area contributed by atoms with Gasteiger partial charge in [0.2, 0.25) is 11.7 Å². The van der Waals surface area contributed by atoms with E-state index in [0.717, 1.165) is 42.8 Å². The second kappa shape index (κ2) is 10.9. The number of methoxy groups -OCH3 is 3. The van der Waals surface area contributed by atoms with Gasteiger partial charge in [-0.15, -0.1) is 0 Å². The summed E-state index contributed by atoms with van der Waals surface area (Å²) in [5.74, 6) is 1.46. The largest absolute Gasteiger partial charge is 0.493 e. The predicted octanol–water partition coefficient (Wildman–Crippen LogP) is 4.19. The van der Waals surface area contributed by atoms with Gasteiger partial charge in [-0.3, -0.25) is 4.79 Å². The van der Waals surface area contributed by atoms with Gasteiger partial charge in [0.1, 0.15) is 0 Å². The van der Waals surface area contributed by atoms with E-state index in [1.807, 2.05) is 12.1 Å². The van der Waals surface area contributed by atoms with E-state index in [9.17, 15) is 4.79 Å². The molecule has 2 aromatic carbocycles. The molecule has 7 heteroatoms. The summed E-state index contributed by atoms with van der Waals surface area (Å²) in [5, 5.41) is 4.10. The Morgan fingerprint density at radius 2 is 1.66 bits per heavy atom. The monoisotopic (exact) mass is 439 g/mol. The normalized spacial score (nSPS) is 11.1. The quantitative estimate of drug-likeness (QED) is 0.485. The highest BCUT2D eigenvalue weighted by Gasteiger charge is 2.15. The van der Waals surface area contributed by atoms with Gasteiger partial charge in [0.15, 0.2) is 11.5 Å². The summed E-state index contributed by atoms with van der Waals surface area (Å²) in [6.45, 7) is 8.44. The standard InChI is InChI=1S/C25H33N3O4/c1-6-27(7-2)12-13-28-11-10-19-17-20(8-9-21(19)28)26-24(29)16-18-14-22(30-3)25(32-5)23(15-18)31-4/h8-11,14-15,17H,6-7,12-13,16H2,1-5H3,(H,26,29). The van der Waals surface area contributed by atoms with Crippen molar-refractivity contribution in [2.24, 2.45) is 0 Å². The second-order valence-electron chi connectivity index (χ2n) is 7.57. The van der Waals surface area contributed by atoms with Gasteiger partial charge in [-0.2, -0.15) is 0 Å². The van der Waals surface area contributed by atoms with Crippen LogP contribution in [0.15, 0.2) is 42.6 Å². The molecule has 1 amide bonds. The van der Waals surface area contributed by atoms with Crippen molar-refractivity contribution in [3.8, 4) is 17.2 Å². The third-order valence-corrected chi connectivity index (χ3v) is 5.70. The van der Waals surface area contributed by atoms with Gasteiger partial charge >= 0.3 is 0 Å². The van der Waals surface area contributed by atoms with E-state index in [1.54, 1.807) is 33.5 Å². The molecule has 0 fully saturated rings. The number of hydrogen-bond acceptors (Lipinski definition) is 5. The first-order valence-corrected chi connectivity index (χ1v) is 10.9. The van der Waals surface area contributed by atoms with Gasteiger partial charge in [0, 0.05) is 35.9 Å². The minimum Gasteiger partial charge on any atom is -0.493 e. The first-order chi connectivity index (χ1) is 15.5. The molecule has 172 valence electrons. The molecule has 0 unspecified atom stereocenters. The number of nitrogens with one attached hydrogen (secondary N) is 1. The van der Waals surface area contributed by atoms with Gasteiger partial charge in [-0.05, 0) is 55.1 Å². The average molecular weight is 440 g/mol. The Labute approximate surface area is 189 Å². The van der Waals surface area contributed by atoms with Crippen LogP contribution in [0.2, 0.25) is 0 Å². The van der Waals surface area contributed by atoms with Crippen LogP contribution in [0.5, 0.6) is 17.2 Å². The number of hydrogen-bond donors (Lipinski definition) is 1. The van der Waals surface area contributed by atoms with Crippen molar-refractivity contribution in [1.82, 2.24) is 9.47 Å². The maximum atomic E-state index is 12.7. The molecule has 3 rings (SSSR count). The molecule has 0 radical (unpaired) electrons. The van der Waals surface area contributed by atoms with Crippen molar-refractivity contribution in [2.45, 2.75) is 26.8 Å². The Morgan fingerprint density at radius 1 is 0.969 bits per heavy atom. The number of amides is 1. The molecule has 0 saturated heterocycles. The average Bonchev–Trinajstić information content (AvgIpc) is 3.21. The minimum absolute atomic E-state index is 0.111. The van der Waals surface area contributed by atoms with E-state index in [2.05, 4.69) is 47.0 Å². The molecule has 0 bridgehead atoms. The Bertz CT molecular complexity index is 1030. The molecule has 0 aliphatic heterocycles. The van der Waals surface area contributed by atoms with Crippen LogP contribution in [0.3, 0.4) is 0 Å². The van der Waals surface area contributed by atoms with E-state index in [-0.39, 0.29) is 12.3 Å². The number of anilines is 1.